The quantitative estimate of drug-likeness (QED) is 0.616. The van der Waals surface area contributed by atoms with Crippen molar-refractivity contribution in [1.82, 2.24) is 10.6 Å². The number of halogens is 1. The number of morpholine rings is 1. The highest BCUT2D eigenvalue weighted by Gasteiger charge is 2.21. The second-order valence-electron chi connectivity index (χ2n) is 6.43. The molecule has 1 fully saturated rings. The second kappa shape index (κ2) is 10.7. The molecule has 3 rings (SSSR count). The highest BCUT2D eigenvalue weighted by atomic mass is 35.5. The molecule has 0 saturated carbocycles. The number of anilines is 2. The predicted octanol–water partition coefficient (Wildman–Crippen LogP) is 2.67. The molecule has 1 aliphatic heterocycles. The maximum atomic E-state index is 12.2. The lowest BCUT2D eigenvalue weighted by atomic mass is 10.2. The first kappa shape index (κ1) is 21.7. The topological polar surface area (TPSA) is 91.5 Å². The van der Waals surface area contributed by atoms with Gasteiger partial charge >= 0.3 is 6.03 Å². The lowest BCUT2D eigenvalue weighted by Gasteiger charge is -2.22. The van der Waals surface area contributed by atoms with E-state index in [4.69, 9.17) is 4.74 Å². The van der Waals surface area contributed by atoms with Crippen LogP contribution in [0.5, 0.6) is 0 Å². The molecule has 1 unspecified atom stereocenters. The molecular formula is C20H25ClN4O3. The van der Waals surface area contributed by atoms with Crippen LogP contribution in [0.1, 0.15) is 11.1 Å². The molecule has 0 radical (unpaired) electrons. The van der Waals surface area contributed by atoms with Gasteiger partial charge in [-0.15, -0.1) is 12.4 Å². The summed E-state index contributed by atoms with van der Waals surface area (Å²) < 4.78 is 5.43. The van der Waals surface area contributed by atoms with Crippen LogP contribution in [0, 0.1) is 6.92 Å². The van der Waals surface area contributed by atoms with Crippen molar-refractivity contribution in [2.45, 2.75) is 19.6 Å². The Morgan fingerprint density at radius 3 is 2.50 bits per heavy atom. The van der Waals surface area contributed by atoms with Crippen LogP contribution in [-0.4, -0.2) is 37.7 Å². The zero-order valence-corrected chi connectivity index (χ0v) is 16.5. The minimum Gasteiger partial charge on any atom is -0.366 e. The maximum absolute atomic E-state index is 12.2. The number of hydrogen-bond donors (Lipinski definition) is 4. The van der Waals surface area contributed by atoms with Gasteiger partial charge in [-0.2, -0.15) is 0 Å². The fraction of sp³-hybridized carbons (Fsp3) is 0.300. The van der Waals surface area contributed by atoms with E-state index in [0.717, 1.165) is 23.4 Å². The molecule has 1 heterocycles. The van der Waals surface area contributed by atoms with Gasteiger partial charge < -0.3 is 26.0 Å². The second-order valence-corrected chi connectivity index (χ2v) is 6.43. The molecule has 0 aliphatic carbocycles. The number of hydrogen-bond acceptors (Lipinski definition) is 4. The van der Waals surface area contributed by atoms with E-state index in [0.29, 0.717) is 25.4 Å². The van der Waals surface area contributed by atoms with E-state index in [2.05, 4.69) is 21.3 Å². The standard InChI is InChI=1S/C20H24N4O3.ClH/c1-14-4-2-6-16(10-14)23-20(26)24-17-7-3-5-15(11-17)12-22-19(25)18-13-21-8-9-27-18;/h2-7,10-11,18,21H,8-9,12-13H2,1H3,(H,22,25)(H2,23,24,26);1H. The fourth-order valence-corrected chi connectivity index (χ4v) is 2.81. The Balaban J connectivity index is 0.00000280. The summed E-state index contributed by atoms with van der Waals surface area (Å²) >= 11 is 0. The summed E-state index contributed by atoms with van der Waals surface area (Å²) in [4.78, 5) is 24.3. The van der Waals surface area contributed by atoms with Gasteiger partial charge in [0.1, 0.15) is 6.10 Å². The molecule has 0 aromatic heterocycles. The third-order valence-electron chi connectivity index (χ3n) is 4.15. The van der Waals surface area contributed by atoms with E-state index in [-0.39, 0.29) is 24.3 Å². The maximum Gasteiger partial charge on any atom is 0.323 e. The number of nitrogens with one attached hydrogen (secondary N) is 4. The third-order valence-corrected chi connectivity index (χ3v) is 4.15. The van der Waals surface area contributed by atoms with Crippen molar-refractivity contribution in [1.29, 1.82) is 0 Å². The minimum atomic E-state index is -0.458. The Morgan fingerprint density at radius 1 is 1.11 bits per heavy atom. The van der Waals surface area contributed by atoms with Gasteiger partial charge in [-0.25, -0.2) is 4.79 Å². The van der Waals surface area contributed by atoms with Gasteiger partial charge in [-0.1, -0.05) is 24.3 Å². The number of benzene rings is 2. The zero-order valence-electron chi connectivity index (χ0n) is 15.7. The van der Waals surface area contributed by atoms with Crippen LogP contribution in [0.3, 0.4) is 0 Å². The molecule has 3 amide bonds. The fourth-order valence-electron chi connectivity index (χ4n) is 2.81. The lowest BCUT2D eigenvalue weighted by molar-refractivity contribution is -0.134. The zero-order chi connectivity index (χ0) is 19.1. The molecule has 1 saturated heterocycles. The van der Waals surface area contributed by atoms with Crippen molar-refractivity contribution in [3.05, 3.63) is 59.7 Å². The van der Waals surface area contributed by atoms with Crippen LogP contribution < -0.4 is 21.3 Å². The summed E-state index contributed by atoms with van der Waals surface area (Å²) in [5.74, 6) is -0.141. The average Bonchev–Trinajstić information content (AvgIpc) is 2.67. The number of rotatable bonds is 5. The van der Waals surface area contributed by atoms with Crippen LogP contribution in [0.4, 0.5) is 16.2 Å². The van der Waals surface area contributed by atoms with E-state index in [1.807, 2.05) is 49.4 Å². The van der Waals surface area contributed by atoms with E-state index < -0.39 is 6.10 Å². The molecule has 28 heavy (non-hydrogen) atoms. The lowest BCUT2D eigenvalue weighted by Crippen LogP contribution is -2.47. The molecule has 1 aliphatic rings. The molecule has 2 aromatic rings. The SMILES string of the molecule is Cc1cccc(NC(=O)Nc2cccc(CNC(=O)C3CNCCO3)c2)c1.Cl. The van der Waals surface area contributed by atoms with Gasteiger partial charge in [0.25, 0.3) is 5.91 Å². The van der Waals surface area contributed by atoms with Crippen molar-refractivity contribution < 1.29 is 14.3 Å². The van der Waals surface area contributed by atoms with Crippen molar-refractivity contribution in [2.75, 3.05) is 30.3 Å². The van der Waals surface area contributed by atoms with Crippen molar-refractivity contribution in [3.8, 4) is 0 Å². The monoisotopic (exact) mass is 404 g/mol. The number of carbonyl (C=O) groups excluding carboxylic acids is 2. The Bertz CT molecular complexity index is 810. The number of aryl methyl sites for hydroxylation is 1. The third kappa shape index (κ3) is 6.53. The number of amides is 3. The van der Waals surface area contributed by atoms with Gasteiger partial charge in [0.15, 0.2) is 0 Å². The highest BCUT2D eigenvalue weighted by molar-refractivity contribution is 5.99. The van der Waals surface area contributed by atoms with Gasteiger partial charge in [0, 0.05) is 31.0 Å². The van der Waals surface area contributed by atoms with Gasteiger partial charge in [-0.05, 0) is 42.3 Å². The Morgan fingerprint density at radius 2 is 1.82 bits per heavy atom. The molecule has 7 nitrogen and oxygen atoms in total. The van der Waals surface area contributed by atoms with Crippen LogP contribution in [0.15, 0.2) is 48.5 Å². The first-order chi connectivity index (χ1) is 13.1. The highest BCUT2D eigenvalue weighted by Crippen LogP contribution is 2.13. The molecule has 1 atom stereocenters. The first-order valence-corrected chi connectivity index (χ1v) is 8.94. The predicted molar refractivity (Wildman–Crippen MR) is 112 cm³/mol. The Kier molecular flexibility index (Phi) is 8.25. The van der Waals surface area contributed by atoms with Gasteiger partial charge in [0.05, 0.1) is 6.61 Å². The van der Waals surface area contributed by atoms with E-state index in [9.17, 15) is 9.59 Å². The molecule has 0 bridgehead atoms. The van der Waals surface area contributed by atoms with Crippen molar-refractivity contribution in [2.24, 2.45) is 0 Å². The number of ether oxygens (including phenoxy) is 1. The summed E-state index contributed by atoms with van der Waals surface area (Å²) in [6.07, 6.45) is -0.458. The molecule has 0 spiro atoms. The van der Waals surface area contributed by atoms with Crippen molar-refractivity contribution >= 4 is 35.7 Å². The molecule has 8 heteroatoms. The molecule has 150 valence electrons. The van der Waals surface area contributed by atoms with Crippen LogP contribution in [-0.2, 0) is 16.1 Å². The minimum absolute atomic E-state index is 0. The summed E-state index contributed by atoms with van der Waals surface area (Å²) in [6, 6.07) is 14.6. The molecule has 4 N–H and O–H groups in total. The average molecular weight is 405 g/mol. The summed E-state index contributed by atoms with van der Waals surface area (Å²) in [5.41, 5.74) is 3.35. The smallest absolute Gasteiger partial charge is 0.323 e. The van der Waals surface area contributed by atoms with Crippen LogP contribution in [0.2, 0.25) is 0 Å². The first-order valence-electron chi connectivity index (χ1n) is 8.94. The van der Waals surface area contributed by atoms with E-state index >= 15 is 0 Å². The molecular weight excluding hydrogens is 380 g/mol. The number of urea groups is 1. The normalized spacial score (nSPS) is 15.8. The van der Waals surface area contributed by atoms with Crippen LogP contribution in [0.25, 0.3) is 0 Å². The van der Waals surface area contributed by atoms with Crippen LogP contribution >= 0.6 is 12.4 Å². The van der Waals surface area contributed by atoms with Gasteiger partial charge in [-0.3, -0.25) is 4.79 Å². The Hall–Kier alpha value is -2.61. The van der Waals surface area contributed by atoms with E-state index in [1.54, 1.807) is 6.07 Å². The Labute approximate surface area is 170 Å². The van der Waals surface area contributed by atoms with E-state index in [1.165, 1.54) is 0 Å². The summed E-state index contributed by atoms with van der Waals surface area (Å²) in [7, 11) is 0. The summed E-state index contributed by atoms with van der Waals surface area (Å²) in [6.45, 7) is 4.16. The largest absolute Gasteiger partial charge is 0.366 e. The van der Waals surface area contributed by atoms with Gasteiger partial charge in [0.2, 0.25) is 0 Å². The van der Waals surface area contributed by atoms with Crippen molar-refractivity contribution in [3.63, 3.8) is 0 Å². The number of carbonyl (C=O) groups is 2. The molecule has 2 aromatic carbocycles. The summed E-state index contributed by atoms with van der Waals surface area (Å²) in [5, 5.41) is 11.6.